The Hall–Kier alpha value is -1.14. The highest BCUT2D eigenvalue weighted by molar-refractivity contribution is 7.17. The highest BCUT2D eigenvalue weighted by Gasteiger charge is 2.37. The maximum absolute atomic E-state index is 11.4. The molecule has 1 aromatic rings. The van der Waals surface area contributed by atoms with Crippen molar-refractivity contribution in [3.05, 3.63) is 11.1 Å². The number of esters is 1. The second-order valence-corrected chi connectivity index (χ2v) is 5.61. The van der Waals surface area contributed by atoms with Crippen LogP contribution in [0.4, 0.5) is 5.13 Å². The van der Waals surface area contributed by atoms with E-state index in [2.05, 4.69) is 9.88 Å². The number of carbonyl (C=O) groups is 1. The van der Waals surface area contributed by atoms with Crippen LogP contribution in [-0.4, -0.2) is 43.4 Å². The molecule has 0 aromatic carbocycles. The zero-order valence-electron chi connectivity index (χ0n) is 10.3. The molecule has 1 aromatic heterocycles. The van der Waals surface area contributed by atoms with Gasteiger partial charge in [0.2, 0.25) is 0 Å². The van der Waals surface area contributed by atoms with Gasteiger partial charge in [-0.25, -0.2) is 9.78 Å². The average Bonchev–Trinajstić information content (AvgIpc) is 3.05. The van der Waals surface area contributed by atoms with Crippen LogP contribution in [0.1, 0.15) is 28.9 Å². The molecule has 2 aliphatic rings. The van der Waals surface area contributed by atoms with Gasteiger partial charge in [0.05, 0.1) is 32.1 Å². The van der Waals surface area contributed by atoms with E-state index in [1.807, 2.05) is 0 Å². The number of morpholine rings is 1. The third-order valence-electron chi connectivity index (χ3n) is 3.61. The fraction of sp³-hybridized carbons (Fsp3) is 0.667. The first-order valence-electron chi connectivity index (χ1n) is 6.22. The summed E-state index contributed by atoms with van der Waals surface area (Å²) in [5, 5.41) is 0.913. The lowest BCUT2D eigenvalue weighted by atomic mass is 10.1. The number of anilines is 1. The average molecular weight is 268 g/mol. The van der Waals surface area contributed by atoms with Crippen molar-refractivity contribution in [2.75, 3.05) is 25.2 Å². The van der Waals surface area contributed by atoms with Gasteiger partial charge in [0, 0.05) is 6.54 Å². The number of carbonyl (C=O) groups excluding carboxylic acids is 1. The number of thiazole rings is 1. The lowest BCUT2D eigenvalue weighted by Gasteiger charge is -2.37. The number of aromatic nitrogens is 1. The summed E-state index contributed by atoms with van der Waals surface area (Å²) in [6, 6.07) is 0.426. The quantitative estimate of drug-likeness (QED) is 0.764. The normalized spacial score (nSPS) is 27.1. The van der Waals surface area contributed by atoms with Crippen LogP contribution >= 0.6 is 11.3 Å². The minimum Gasteiger partial charge on any atom is -0.465 e. The maximum Gasteiger partial charge on any atom is 0.349 e. The van der Waals surface area contributed by atoms with Gasteiger partial charge in [-0.15, -0.1) is 0 Å². The molecular weight excluding hydrogens is 252 g/mol. The molecule has 1 saturated carbocycles. The molecule has 2 unspecified atom stereocenters. The van der Waals surface area contributed by atoms with E-state index >= 15 is 0 Å². The standard InChI is InChI=1S/C12H16N2O3S/c1-16-11(15)10-7-13-12(18-10)14-5-6-17-9-4-2-3-8(9)14/h7-9H,2-6H2,1H3. The van der Waals surface area contributed by atoms with Crippen molar-refractivity contribution in [3.8, 4) is 0 Å². The van der Waals surface area contributed by atoms with Gasteiger partial charge in [-0.05, 0) is 19.3 Å². The van der Waals surface area contributed by atoms with Crippen molar-refractivity contribution >= 4 is 22.4 Å². The minimum atomic E-state index is -0.310. The van der Waals surface area contributed by atoms with Gasteiger partial charge >= 0.3 is 5.97 Å². The van der Waals surface area contributed by atoms with Crippen LogP contribution in [0.2, 0.25) is 0 Å². The molecule has 98 valence electrons. The van der Waals surface area contributed by atoms with Crippen LogP contribution < -0.4 is 4.90 Å². The zero-order chi connectivity index (χ0) is 12.5. The molecule has 0 amide bonds. The number of ether oxygens (including phenoxy) is 2. The second-order valence-electron chi connectivity index (χ2n) is 4.60. The Morgan fingerprint density at radius 2 is 2.50 bits per heavy atom. The van der Waals surface area contributed by atoms with Crippen molar-refractivity contribution in [3.63, 3.8) is 0 Å². The van der Waals surface area contributed by atoms with Gasteiger partial charge in [0.1, 0.15) is 4.88 Å². The van der Waals surface area contributed by atoms with E-state index < -0.39 is 0 Å². The molecule has 0 bridgehead atoms. The minimum absolute atomic E-state index is 0.310. The van der Waals surface area contributed by atoms with Gasteiger partial charge in [-0.2, -0.15) is 0 Å². The van der Waals surface area contributed by atoms with E-state index in [9.17, 15) is 4.79 Å². The number of hydrogen-bond acceptors (Lipinski definition) is 6. The van der Waals surface area contributed by atoms with Crippen molar-refractivity contribution in [2.24, 2.45) is 0 Å². The SMILES string of the molecule is COC(=O)c1cnc(N2CCOC3CCCC32)s1. The first kappa shape index (κ1) is 11.9. The first-order valence-corrected chi connectivity index (χ1v) is 7.03. The zero-order valence-corrected chi connectivity index (χ0v) is 11.1. The number of rotatable bonds is 2. The second kappa shape index (κ2) is 4.85. The Bertz CT molecular complexity index is 448. The summed E-state index contributed by atoms with van der Waals surface area (Å²) in [5.74, 6) is -0.310. The topological polar surface area (TPSA) is 51.7 Å². The summed E-state index contributed by atoms with van der Waals surface area (Å²) in [6.07, 6.45) is 5.43. The number of nitrogens with zero attached hydrogens (tertiary/aromatic N) is 2. The molecule has 1 saturated heterocycles. The fourth-order valence-corrected chi connectivity index (χ4v) is 3.67. The third-order valence-corrected chi connectivity index (χ3v) is 4.62. The molecule has 3 rings (SSSR count). The van der Waals surface area contributed by atoms with E-state index in [0.29, 0.717) is 17.0 Å². The first-order chi connectivity index (χ1) is 8.79. The lowest BCUT2D eigenvalue weighted by molar-refractivity contribution is 0.0256. The molecule has 5 nitrogen and oxygen atoms in total. The van der Waals surface area contributed by atoms with Crippen LogP contribution in [0.3, 0.4) is 0 Å². The monoisotopic (exact) mass is 268 g/mol. The Kier molecular flexibility index (Phi) is 3.22. The van der Waals surface area contributed by atoms with Crippen LogP contribution in [0.15, 0.2) is 6.20 Å². The molecular formula is C12H16N2O3S. The van der Waals surface area contributed by atoms with Gasteiger partial charge in [-0.3, -0.25) is 0 Å². The summed E-state index contributed by atoms with van der Waals surface area (Å²) < 4.78 is 10.5. The highest BCUT2D eigenvalue weighted by Crippen LogP contribution is 2.34. The number of fused-ring (bicyclic) bond motifs is 1. The predicted octanol–water partition coefficient (Wildman–Crippen LogP) is 1.69. The Balaban J connectivity index is 1.81. The Morgan fingerprint density at radius 1 is 1.61 bits per heavy atom. The Labute approximate surface area is 110 Å². The van der Waals surface area contributed by atoms with Crippen molar-refractivity contribution in [1.82, 2.24) is 4.98 Å². The van der Waals surface area contributed by atoms with E-state index in [-0.39, 0.29) is 5.97 Å². The molecule has 2 fully saturated rings. The predicted molar refractivity (Wildman–Crippen MR) is 68.2 cm³/mol. The highest BCUT2D eigenvalue weighted by atomic mass is 32.1. The smallest absolute Gasteiger partial charge is 0.349 e. The van der Waals surface area contributed by atoms with Crippen LogP contribution in [0, 0.1) is 0 Å². The van der Waals surface area contributed by atoms with Crippen molar-refractivity contribution in [1.29, 1.82) is 0 Å². The van der Waals surface area contributed by atoms with Gasteiger partial charge in [0.15, 0.2) is 5.13 Å². The van der Waals surface area contributed by atoms with Gasteiger partial charge in [-0.1, -0.05) is 11.3 Å². The van der Waals surface area contributed by atoms with E-state index in [1.165, 1.54) is 24.9 Å². The summed E-state index contributed by atoms with van der Waals surface area (Å²) in [4.78, 5) is 18.7. The molecule has 2 heterocycles. The maximum atomic E-state index is 11.4. The van der Waals surface area contributed by atoms with E-state index in [1.54, 1.807) is 6.20 Å². The largest absolute Gasteiger partial charge is 0.465 e. The van der Waals surface area contributed by atoms with Crippen LogP contribution in [-0.2, 0) is 9.47 Å². The summed E-state index contributed by atoms with van der Waals surface area (Å²) in [5.41, 5.74) is 0. The van der Waals surface area contributed by atoms with Crippen LogP contribution in [0.25, 0.3) is 0 Å². The van der Waals surface area contributed by atoms with Crippen molar-refractivity contribution < 1.29 is 14.3 Å². The molecule has 2 atom stereocenters. The van der Waals surface area contributed by atoms with Crippen molar-refractivity contribution in [2.45, 2.75) is 31.4 Å². The summed E-state index contributed by atoms with van der Waals surface area (Å²) in [6.45, 7) is 1.60. The molecule has 0 radical (unpaired) electrons. The molecule has 0 N–H and O–H groups in total. The molecule has 6 heteroatoms. The van der Waals surface area contributed by atoms with E-state index in [4.69, 9.17) is 9.47 Å². The molecule has 0 spiro atoms. The summed E-state index contributed by atoms with van der Waals surface area (Å²) in [7, 11) is 1.39. The molecule has 18 heavy (non-hydrogen) atoms. The Morgan fingerprint density at radius 3 is 3.33 bits per heavy atom. The van der Waals surface area contributed by atoms with E-state index in [0.717, 1.165) is 31.1 Å². The number of hydrogen-bond donors (Lipinski definition) is 0. The molecule has 1 aliphatic carbocycles. The number of methoxy groups -OCH3 is 1. The fourth-order valence-electron chi connectivity index (χ4n) is 2.76. The van der Waals surface area contributed by atoms with Crippen LogP contribution in [0.5, 0.6) is 0 Å². The molecule has 1 aliphatic heterocycles. The lowest BCUT2D eigenvalue weighted by Crippen LogP contribution is -2.48. The van der Waals surface area contributed by atoms with Gasteiger partial charge < -0.3 is 14.4 Å². The summed E-state index contributed by atoms with van der Waals surface area (Å²) >= 11 is 1.41. The third kappa shape index (κ3) is 1.99. The van der Waals surface area contributed by atoms with Gasteiger partial charge in [0.25, 0.3) is 0 Å².